The molecule has 0 unspecified atom stereocenters. The molecule has 44 valence electrons. The first-order valence-corrected chi connectivity index (χ1v) is 3.39. The molecule has 0 spiro atoms. The number of rotatable bonds is 0. The van der Waals surface area contributed by atoms with Gasteiger partial charge in [0.1, 0.15) is 5.84 Å². The molecule has 0 fully saturated rings. The van der Waals surface area contributed by atoms with E-state index in [-0.39, 0.29) is 5.84 Å². The van der Waals surface area contributed by atoms with Crippen molar-refractivity contribution in [3.63, 3.8) is 0 Å². The molecule has 4 nitrogen and oxygen atoms in total. The van der Waals surface area contributed by atoms with Crippen molar-refractivity contribution in [2.75, 3.05) is 0 Å². The van der Waals surface area contributed by atoms with Gasteiger partial charge >= 0.3 is 0 Å². The first-order chi connectivity index (χ1) is 3.60. The van der Waals surface area contributed by atoms with Crippen molar-refractivity contribution >= 4 is 15.9 Å². The average molecular weight is 132 g/mol. The van der Waals surface area contributed by atoms with E-state index >= 15 is 0 Å². The molecule has 2 N–H and O–H groups in total. The number of amidine groups is 1. The summed E-state index contributed by atoms with van der Waals surface area (Å²) >= 11 is 0. The molecule has 0 saturated heterocycles. The van der Waals surface area contributed by atoms with Crippen LogP contribution in [0.1, 0.15) is 0 Å². The van der Waals surface area contributed by atoms with Crippen LogP contribution >= 0.6 is 0 Å². The maximum atomic E-state index is 10.3. The monoisotopic (exact) mass is 132 g/mol. The Labute approximate surface area is 46.8 Å². The van der Waals surface area contributed by atoms with E-state index in [1.54, 1.807) is 0 Å². The lowest BCUT2D eigenvalue weighted by molar-refractivity contribution is 0.607. The predicted octanol–water partition coefficient (Wildman–Crippen LogP) is -0.799. The molecule has 1 heterocycles. The summed E-state index contributed by atoms with van der Waals surface area (Å²) < 4.78 is 23.6. The van der Waals surface area contributed by atoms with Gasteiger partial charge in [0.05, 0.1) is 5.41 Å². The van der Waals surface area contributed by atoms with Crippen LogP contribution in [0.5, 0.6) is 0 Å². The number of sulfonamides is 1. The molecule has 0 aromatic carbocycles. The number of hydrogen-bond donors (Lipinski definition) is 1. The van der Waals surface area contributed by atoms with E-state index in [4.69, 9.17) is 5.73 Å². The van der Waals surface area contributed by atoms with E-state index in [2.05, 4.69) is 4.40 Å². The Morgan fingerprint density at radius 2 is 2.25 bits per heavy atom. The summed E-state index contributed by atoms with van der Waals surface area (Å²) in [5.74, 6) is 0.0463. The summed E-state index contributed by atoms with van der Waals surface area (Å²) in [7, 11) is -3.31. The highest BCUT2D eigenvalue weighted by Gasteiger charge is 2.08. The molecule has 0 aromatic rings. The van der Waals surface area contributed by atoms with Gasteiger partial charge in [0, 0.05) is 0 Å². The maximum Gasteiger partial charge on any atom is 0.277 e. The van der Waals surface area contributed by atoms with Crippen molar-refractivity contribution in [2.24, 2.45) is 10.1 Å². The van der Waals surface area contributed by atoms with Gasteiger partial charge in [0.15, 0.2) is 0 Å². The second-order valence-electron chi connectivity index (χ2n) is 1.33. The van der Waals surface area contributed by atoms with E-state index in [0.29, 0.717) is 0 Å². The fourth-order valence-electron chi connectivity index (χ4n) is 0.363. The number of nitrogens with two attached hydrogens (primary N) is 1. The zero-order chi connectivity index (χ0) is 6.20. The van der Waals surface area contributed by atoms with Crippen LogP contribution in [0, 0.1) is 0 Å². The molecule has 0 bridgehead atoms. The molecule has 5 heteroatoms. The number of hydrogen-bond acceptors (Lipinski definition) is 3. The molecule has 1 rings (SSSR count). The molecule has 0 atom stereocenters. The topological polar surface area (TPSA) is 72.5 Å². The first kappa shape index (κ1) is 5.30. The van der Waals surface area contributed by atoms with Gasteiger partial charge in [-0.05, 0) is 6.08 Å². The second-order valence-corrected chi connectivity index (χ2v) is 2.82. The SMILES string of the molecule is NC1=NS(=O)(=O)C=C1. The molecule has 0 amide bonds. The zero-order valence-corrected chi connectivity index (χ0v) is 4.72. The van der Waals surface area contributed by atoms with Crippen LogP contribution < -0.4 is 5.73 Å². The lowest BCUT2D eigenvalue weighted by Crippen LogP contribution is -2.04. The quantitative estimate of drug-likeness (QED) is 0.469. The Bertz CT molecular complexity index is 248. The van der Waals surface area contributed by atoms with Gasteiger partial charge in [-0.2, -0.15) is 8.42 Å². The van der Waals surface area contributed by atoms with Gasteiger partial charge in [-0.15, -0.1) is 4.40 Å². The lowest BCUT2D eigenvalue weighted by atomic mass is 10.6. The Hall–Kier alpha value is -0.840. The van der Waals surface area contributed by atoms with E-state index in [0.717, 1.165) is 5.41 Å². The van der Waals surface area contributed by atoms with Crippen molar-refractivity contribution in [1.29, 1.82) is 0 Å². The van der Waals surface area contributed by atoms with Gasteiger partial charge in [0.25, 0.3) is 10.0 Å². The van der Waals surface area contributed by atoms with Crippen molar-refractivity contribution < 1.29 is 8.42 Å². The smallest absolute Gasteiger partial charge is 0.277 e. The van der Waals surface area contributed by atoms with Crippen molar-refractivity contribution in [2.45, 2.75) is 0 Å². The average Bonchev–Trinajstić information content (AvgIpc) is 1.82. The summed E-state index contributed by atoms with van der Waals surface area (Å²) in [5, 5.41) is 0.961. The highest BCUT2D eigenvalue weighted by Crippen LogP contribution is 2.00. The van der Waals surface area contributed by atoms with Crippen LogP contribution in [0.4, 0.5) is 0 Å². The maximum absolute atomic E-state index is 10.3. The molecule has 8 heavy (non-hydrogen) atoms. The third-order valence-electron chi connectivity index (χ3n) is 0.643. The van der Waals surface area contributed by atoms with Gasteiger partial charge in [-0.1, -0.05) is 0 Å². The van der Waals surface area contributed by atoms with E-state index in [1.807, 2.05) is 0 Å². The van der Waals surface area contributed by atoms with Crippen molar-refractivity contribution in [3.05, 3.63) is 11.5 Å². The zero-order valence-electron chi connectivity index (χ0n) is 3.90. The van der Waals surface area contributed by atoms with Gasteiger partial charge in [-0.25, -0.2) is 0 Å². The van der Waals surface area contributed by atoms with Crippen LogP contribution in [-0.2, 0) is 10.0 Å². The lowest BCUT2D eigenvalue weighted by Gasteiger charge is -1.77. The summed E-state index contributed by atoms with van der Waals surface area (Å²) in [6, 6.07) is 0. The van der Waals surface area contributed by atoms with Crippen LogP contribution in [0.2, 0.25) is 0 Å². The van der Waals surface area contributed by atoms with E-state index in [1.165, 1.54) is 6.08 Å². The molecule has 0 radical (unpaired) electrons. The fraction of sp³-hybridized carbons (Fsp3) is 0. The third-order valence-corrected chi connectivity index (χ3v) is 1.59. The molecule has 1 aliphatic rings. The Morgan fingerprint density at radius 1 is 1.62 bits per heavy atom. The Morgan fingerprint density at radius 3 is 2.38 bits per heavy atom. The molecular formula is C3H4N2O2S. The second kappa shape index (κ2) is 1.32. The van der Waals surface area contributed by atoms with Crippen molar-refractivity contribution in [1.82, 2.24) is 0 Å². The van der Waals surface area contributed by atoms with Crippen LogP contribution in [0.3, 0.4) is 0 Å². The molecular weight excluding hydrogens is 128 g/mol. The normalized spacial score (nSPS) is 23.2. The van der Waals surface area contributed by atoms with Crippen LogP contribution in [-0.4, -0.2) is 14.3 Å². The predicted molar refractivity (Wildman–Crippen MR) is 29.7 cm³/mol. The molecule has 0 aromatic heterocycles. The van der Waals surface area contributed by atoms with E-state index in [9.17, 15) is 8.42 Å². The molecule has 0 aliphatic carbocycles. The highest BCUT2D eigenvalue weighted by atomic mass is 32.2. The third kappa shape index (κ3) is 0.865. The van der Waals surface area contributed by atoms with E-state index < -0.39 is 10.0 Å². The summed E-state index contributed by atoms with van der Waals surface area (Å²) in [6.07, 6.45) is 1.25. The fourth-order valence-corrected chi connectivity index (χ4v) is 1.09. The summed E-state index contributed by atoms with van der Waals surface area (Å²) in [6.45, 7) is 0. The Balaban J connectivity index is 3.21. The minimum atomic E-state index is -3.31. The minimum Gasteiger partial charge on any atom is -0.383 e. The van der Waals surface area contributed by atoms with Crippen molar-refractivity contribution in [3.8, 4) is 0 Å². The highest BCUT2D eigenvalue weighted by molar-refractivity contribution is 7.93. The Kier molecular flexibility index (Phi) is 0.872. The minimum absolute atomic E-state index is 0.0463. The summed E-state index contributed by atoms with van der Waals surface area (Å²) in [5.41, 5.74) is 4.99. The first-order valence-electron chi connectivity index (χ1n) is 1.89. The van der Waals surface area contributed by atoms with Crippen LogP contribution in [0.25, 0.3) is 0 Å². The number of nitrogens with zero attached hydrogens (tertiary/aromatic N) is 1. The van der Waals surface area contributed by atoms with Gasteiger partial charge < -0.3 is 5.73 Å². The largest absolute Gasteiger partial charge is 0.383 e. The van der Waals surface area contributed by atoms with Gasteiger partial charge in [0.2, 0.25) is 0 Å². The summed E-state index contributed by atoms with van der Waals surface area (Å²) in [4.78, 5) is 0. The van der Waals surface area contributed by atoms with Crippen LogP contribution in [0.15, 0.2) is 15.9 Å². The van der Waals surface area contributed by atoms with Gasteiger partial charge in [-0.3, -0.25) is 0 Å². The molecule has 1 aliphatic heterocycles. The molecule has 0 saturated carbocycles. The standard InChI is InChI=1S/C3H4N2O2S/c4-3-1-2-8(6,7)5-3/h1-2H,(H2,4,5).